The van der Waals surface area contributed by atoms with Gasteiger partial charge < -0.3 is 11.1 Å². The van der Waals surface area contributed by atoms with Crippen molar-refractivity contribution in [2.24, 2.45) is 0 Å². The molecule has 0 radical (unpaired) electrons. The first-order chi connectivity index (χ1) is 8.11. The summed E-state index contributed by atoms with van der Waals surface area (Å²) in [4.78, 5) is 11.5. The number of carbonyl (C=O) groups is 1. The Morgan fingerprint density at radius 3 is 2.71 bits per heavy atom. The molecule has 0 heterocycles. The second-order valence-electron chi connectivity index (χ2n) is 4.07. The van der Waals surface area contributed by atoms with Gasteiger partial charge in [0, 0.05) is 18.2 Å². The molecule has 1 aromatic carbocycles. The number of aryl methyl sites for hydroxylation is 1. The zero-order valence-corrected chi connectivity index (χ0v) is 9.94. The van der Waals surface area contributed by atoms with Gasteiger partial charge in [0.05, 0.1) is 12.5 Å². The molecule has 0 fully saturated rings. The average molecular weight is 231 g/mol. The maximum atomic E-state index is 11.5. The molecule has 4 heteroatoms. The van der Waals surface area contributed by atoms with E-state index in [1.807, 2.05) is 37.3 Å². The number of nitrogens with one attached hydrogen (secondary N) is 1. The molecule has 1 rings (SSSR count). The molecule has 1 unspecified atom stereocenters. The third-order valence-electron chi connectivity index (χ3n) is 2.43. The van der Waals surface area contributed by atoms with Crippen LogP contribution in [0.3, 0.4) is 0 Å². The van der Waals surface area contributed by atoms with Gasteiger partial charge in [0.15, 0.2) is 0 Å². The molecule has 1 aromatic rings. The number of nitrogens with zero attached hydrogens (tertiary/aromatic N) is 1. The molecule has 0 spiro atoms. The number of hydrogen-bond donors (Lipinski definition) is 2. The van der Waals surface area contributed by atoms with E-state index in [2.05, 4.69) is 5.32 Å². The van der Waals surface area contributed by atoms with Crippen molar-refractivity contribution in [1.29, 1.82) is 5.26 Å². The monoisotopic (exact) mass is 231 g/mol. The maximum Gasteiger partial charge on any atom is 0.220 e. The van der Waals surface area contributed by atoms with Crippen molar-refractivity contribution < 1.29 is 4.79 Å². The molecule has 0 aliphatic rings. The molecular weight excluding hydrogens is 214 g/mol. The van der Waals surface area contributed by atoms with Gasteiger partial charge in [-0.3, -0.25) is 4.79 Å². The molecule has 1 amide bonds. The first-order valence-electron chi connectivity index (χ1n) is 5.62. The van der Waals surface area contributed by atoms with E-state index in [4.69, 9.17) is 11.0 Å². The lowest BCUT2D eigenvalue weighted by molar-refractivity contribution is -0.121. The second-order valence-corrected chi connectivity index (χ2v) is 4.07. The fourth-order valence-electron chi connectivity index (χ4n) is 1.48. The Balaban J connectivity index is 2.33. The van der Waals surface area contributed by atoms with Gasteiger partial charge in [0.25, 0.3) is 0 Å². The van der Waals surface area contributed by atoms with Gasteiger partial charge in [-0.2, -0.15) is 5.26 Å². The number of rotatable bonds is 5. The Morgan fingerprint density at radius 2 is 2.12 bits per heavy atom. The van der Waals surface area contributed by atoms with Crippen molar-refractivity contribution in [3.63, 3.8) is 0 Å². The van der Waals surface area contributed by atoms with Crippen LogP contribution in [0.15, 0.2) is 24.3 Å². The minimum atomic E-state index is -0.0843. The summed E-state index contributed by atoms with van der Waals surface area (Å²) in [6.45, 7) is 1.82. The molecule has 0 bridgehead atoms. The minimum Gasteiger partial charge on any atom is -0.399 e. The number of anilines is 1. The van der Waals surface area contributed by atoms with E-state index in [9.17, 15) is 4.79 Å². The third kappa shape index (κ3) is 5.03. The molecular formula is C13H17N3O. The van der Waals surface area contributed by atoms with Crippen LogP contribution in [-0.2, 0) is 11.2 Å². The van der Waals surface area contributed by atoms with Crippen LogP contribution in [-0.4, -0.2) is 11.9 Å². The van der Waals surface area contributed by atoms with Crippen LogP contribution >= 0.6 is 0 Å². The summed E-state index contributed by atoms with van der Waals surface area (Å²) < 4.78 is 0. The average Bonchev–Trinajstić information content (AvgIpc) is 2.28. The lowest BCUT2D eigenvalue weighted by atomic mass is 10.1. The number of hydrogen-bond acceptors (Lipinski definition) is 3. The van der Waals surface area contributed by atoms with Gasteiger partial charge >= 0.3 is 0 Å². The van der Waals surface area contributed by atoms with E-state index in [0.717, 1.165) is 11.3 Å². The maximum absolute atomic E-state index is 11.5. The highest BCUT2D eigenvalue weighted by Crippen LogP contribution is 2.07. The zero-order valence-electron chi connectivity index (χ0n) is 9.94. The molecule has 1 atom stereocenters. The van der Waals surface area contributed by atoms with Gasteiger partial charge in [-0.1, -0.05) is 12.1 Å². The van der Waals surface area contributed by atoms with Gasteiger partial charge in [-0.05, 0) is 31.0 Å². The largest absolute Gasteiger partial charge is 0.399 e. The van der Waals surface area contributed by atoms with E-state index in [0.29, 0.717) is 19.3 Å². The van der Waals surface area contributed by atoms with E-state index in [-0.39, 0.29) is 11.9 Å². The Kier molecular flexibility index (Phi) is 5.02. The lowest BCUT2D eigenvalue weighted by Gasteiger charge is -2.10. The van der Waals surface area contributed by atoms with Gasteiger partial charge in [-0.25, -0.2) is 0 Å². The van der Waals surface area contributed by atoms with E-state index in [1.54, 1.807) is 0 Å². The standard InChI is InChI=1S/C13H17N3O/c1-10(8-9-14)16-13(17)7-4-11-2-5-12(15)6-3-11/h2-3,5-6,10H,4,7-8,15H2,1H3,(H,16,17). The predicted molar refractivity (Wildman–Crippen MR) is 67.0 cm³/mol. The highest BCUT2D eigenvalue weighted by Gasteiger charge is 2.06. The summed E-state index contributed by atoms with van der Waals surface area (Å²) in [5.74, 6) is -0.0235. The molecule has 0 aliphatic carbocycles. The van der Waals surface area contributed by atoms with Crippen LogP contribution in [0.4, 0.5) is 5.69 Å². The first-order valence-corrected chi connectivity index (χ1v) is 5.62. The Morgan fingerprint density at radius 1 is 1.47 bits per heavy atom. The summed E-state index contributed by atoms with van der Waals surface area (Å²) in [5.41, 5.74) is 7.38. The molecule has 17 heavy (non-hydrogen) atoms. The summed E-state index contributed by atoms with van der Waals surface area (Å²) in [6, 6.07) is 9.43. The van der Waals surface area contributed by atoms with Crippen LogP contribution < -0.4 is 11.1 Å². The van der Waals surface area contributed by atoms with Crippen molar-refractivity contribution in [2.45, 2.75) is 32.2 Å². The lowest BCUT2D eigenvalue weighted by Crippen LogP contribution is -2.32. The van der Waals surface area contributed by atoms with E-state index >= 15 is 0 Å². The van der Waals surface area contributed by atoms with E-state index < -0.39 is 0 Å². The number of carbonyl (C=O) groups excluding carboxylic acids is 1. The van der Waals surface area contributed by atoms with Crippen molar-refractivity contribution in [3.05, 3.63) is 29.8 Å². The summed E-state index contributed by atoms with van der Waals surface area (Å²) in [5, 5.41) is 11.2. The van der Waals surface area contributed by atoms with Gasteiger partial charge in [0.2, 0.25) is 5.91 Å². The number of benzene rings is 1. The quantitative estimate of drug-likeness (QED) is 0.756. The fourth-order valence-corrected chi connectivity index (χ4v) is 1.48. The smallest absolute Gasteiger partial charge is 0.220 e. The van der Waals surface area contributed by atoms with Crippen LogP contribution in [0.5, 0.6) is 0 Å². The summed E-state index contributed by atoms with van der Waals surface area (Å²) >= 11 is 0. The first kappa shape index (κ1) is 13.0. The summed E-state index contributed by atoms with van der Waals surface area (Å²) in [7, 11) is 0. The Bertz CT molecular complexity index is 406. The van der Waals surface area contributed by atoms with Crippen LogP contribution in [0.25, 0.3) is 0 Å². The highest BCUT2D eigenvalue weighted by molar-refractivity contribution is 5.76. The molecule has 0 aromatic heterocycles. The fraction of sp³-hybridized carbons (Fsp3) is 0.385. The number of nitrogens with two attached hydrogens (primary N) is 1. The number of amides is 1. The van der Waals surface area contributed by atoms with Crippen molar-refractivity contribution in [2.75, 3.05) is 5.73 Å². The SMILES string of the molecule is CC(CC#N)NC(=O)CCc1ccc(N)cc1. The van der Waals surface area contributed by atoms with Crippen LogP contribution in [0.1, 0.15) is 25.3 Å². The molecule has 3 N–H and O–H groups in total. The number of nitriles is 1. The molecule has 0 saturated carbocycles. The Labute approximate surface area is 101 Å². The summed E-state index contributed by atoms with van der Waals surface area (Å²) in [6.07, 6.45) is 1.46. The minimum absolute atomic E-state index is 0.0235. The van der Waals surface area contributed by atoms with Crippen LogP contribution in [0.2, 0.25) is 0 Å². The molecule has 0 aliphatic heterocycles. The second kappa shape index (κ2) is 6.54. The normalized spacial score (nSPS) is 11.5. The van der Waals surface area contributed by atoms with Crippen molar-refractivity contribution in [3.8, 4) is 6.07 Å². The Hall–Kier alpha value is -2.02. The molecule has 4 nitrogen and oxygen atoms in total. The zero-order chi connectivity index (χ0) is 12.7. The van der Waals surface area contributed by atoms with Gasteiger partial charge in [-0.15, -0.1) is 0 Å². The third-order valence-corrected chi connectivity index (χ3v) is 2.43. The molecule has 90 valence electrons. The van der Waals surface area contributed by atoms with Gasteiger partial charge in [0.1, 0.15) is 0 Å². The highest BCUT2D eigenvalue weighted by atomic mass is 16.1. The van der Waals surface area contributed by atoms with Crippen molar-refractivity contribution in [1.82, 2.24) is 5.32 Å². The topological polar surface area (TPSA) is 78.9 Å². The van der Waals surface area contributed by atoms with Crippen molar-refractivity contribution >= 4 is 11.6 Å². The number of nitrogen functional groups attached to an aromatic ring is 1. The predicted octanol–water partition coefficient (Wildman–Crippen LogP) is 1.62. The molecule has 0 saturated heterocycles. The van der Waals surface area contributed by atoms with Crippen LogP contribution in [0, 0.1) is 11.3 Å². The van der Waals surface area contributed by atoms with E-state index in [1.165, 1.54) is 0 Å².